The summed E-state index contributed by atoms with van der Waals surface area (Å²) in [7, 11) is 1.92. The summed E-state index contributed by atoms with van der Waals surface area (Å²) in [5.74, 6) is 0.612. The summed E-state index contributed by atoms with van der Waals surface area (Å²) in [5, 5.41) is 18.1. The van der Waals surface area contributed by atoms with Crippen molar-refractivity contribution in [1.82, 2.24) is 4.90 Å². The highest BCUT2D eigenvalue weighted by atomic mass is 16.5. The summed E-state index contributed by atoms with van der Waals surface area (Å²) in [6.07, 6.45) is -0.341. The normalized spacial score (nSPS) is 12.2. The number of hydrogen-bond donors (Lipinski definition) is 1. The Morgan fingerprint density at radius 3 is 2.82 bits per heavy atom. The van der Waals surface area contributed by atoms with Crippen LogP contribution in [0.15, 0.2) is 24.3 Å². The molecule has 0 aliphatic heterocycles. The Hall–Kier alpha value is -1.57. The highest BCUT2D eigenvalue weighted by Gasteiger charge is 2.04. The fraction of sp³-hybridized carbons (Fsp3) is 0.462. The molecule has 0 amide bonds. The number of aliphatic hydroxyl groups is 1. The van der Waals surface area contributed by atoms with Crippen LogP contribution in [0.25, 0.3) is 0 Å². The Bertz CT molecular complexity index is 385. The molecule has 4 nitrogen and oxygen atoms in total. The number of aliphatic hydroxyl groups excluding tert-OH is 1. The van der Waals surface area contributed by atoms with Crippen LogP contribution >= 0.6 is 0 Å². The second-order valence-electron chi connectivity index (χ2n) is 4.07. The molecule has 92 valence electrons. The van der Waals surface area contributed by atoms with Gasteiger partial charge in [-0.3, -0.25) is 0 Å². The topological polar surface area (TPSA) is 56.5 Å². The van der Waals surface area contributed by atoms with Crippen molar-refractivity contribution in [2.45, 2.75) is 13.0 Å². The SMILES string of the molecule is CC(O)CN(C)CCOc1ccccc1C#N. The second-order valence-corrected chi connectivity index (χ2v) is 4.07. The first kappa shape index (κ1) is 13.5. The molecule has 4 heteroatoms. The van der Waals surface area contributed by atoms with Gasteiger partial charge in [0, 0.05) is 13.1 Å². The Kier molecular flexibility index (Phi) is 5.47. The lowest BCUT2D eigenvalue weighted by atomic mass is 10.2. The van der Waals surface area contributed by atoms with E-state index < -0.39 is 0 Å². The van der Waals surface area contributed by atoms with Gasteiger partial charge in [-0.15, -0.1) is 0 Å². The molecule has 0 aliphatic carbocycles. The predicted octanol–water partition coefficient (Wildman–Crippen LogP) is 1.25. The monoisotopic (exact) mass is 234 g/mol. The van der Waals surface area contributed by atoms with Gasteiger partial charge in [0.1, 0.15) is 18.4 Å². The first-order chi connectivity index (χ1) is 8.13. The van der Waals surface area contributed by atoms with Crippen LogP contribution in [0.4, 0.5) is 0 Å². The third-order valence-corrected chi connectivity index (χ3v) is 2.31. The van der Waals surface area contributed by atoms with E-state index in [1.54, 1.807) is 19.1 Å². The van der Waals surface area contributed by atoms with Gasteiger partial charge >= 0.3 is 0 Å². The summed E-state index contributed by atoms with van der Waals surface area (Å²) in [5.41, 5.74) is 0.547. The summed E-state index contributed by atoms with van der Waals surface area (Å²) in [6.45, 7) is 3.58. The maximum Gasteiger partial charge on any atom is 0.137 e. The maximum absolute atomic E-state index is 9.20. The average Bonchev–Trinajstić information content (AvgIpc) is 2.28. The van der Waals surface area contributed by atoms with Crippen molar-refractivity contribution in [1.29, 1.82) is 5.26 Å². The van der Waals surface area contributed by atoms with Crippen LogP contribution in [0.3, 0.4) is 0 Å². The largest absolute Gasteiger partial charge is 0.491 e. The van der Waals surface area contributed by atoms with E-state index in [4.69, 9.17) is 10.00 Å². The molecule has 0 saturated heterocycles. The molecule has 0 spiro atoms. The summed E-state index contributed by atoms with van der Waals surface area (Å²) in [6, 6.07) is 9.26. The van der Waals surface area contributed by atoms with E-state index in [-0.39, 0.29) is 6.10 Å². The van der Waals surface area contributed by atoms with E-state index in [9.17, 15) is 5.11 Å². The van der Waals surface area contributed by atoms with Gasteiger partial charge in [-0.05, 0) is 26.1 Å². The molecule has 0 aliphatic rings. The van der Waals surface area contributed by atoms with Crippen molar-refractivity contribution in [3.05, 3.63) is 29.8 Å². The minimum Gasteiger partial charge on any atom is -0.491 e. The molecule has 1 aromatic carbocycles. The lowest BCUT2D eigenvalue weighted by Crippen LogP contribution is -2.30. The number of hydrogen-bond acceptors (Lipinski definition) is 4. The van der Waals surface area contributed by atoms with Gasteiger partial charge in [0.15, 0.2) is 0 Å². The fourth-order valence-electron chi connectivity index (χ4n) is 1.54. The maximum atomic E-state index is 9.20. The van der Waals surface area contributed by atoms with E-state index in [0.29, 0.717) is 31.0 Å². The standard InChI is InChI=1S/C13H18N2O2/c1-11(16)10-15(2)7-8-17-13-6-4-3-5-12(13)9-14/h3-6,11,16H,7-8,10H2,1-2H3. The molecular formula is C13H18N2O2. The highest BCUT2D eigenvalue weighted by molar-refractivity contribution is 5.42. The first-order valence-electron chi connectivity index (χ1n) is 5.62. The van der Waals surface area contributed by atoms with E-state index in [2.05, 4.69) is 6.07 Å². The third-order valence-electron chi connectivity index (χ3n) is 2.31. The molecular weight excluding hydrogens is 216 g/mol. The van der Waals surface area contributed by atoms with Crippen molar-refractivity contribution in [3.63, 3.8) is 0 Å². The quantitative estimate of drug-likeness (QED) is 0.805. The summed E-state index contributed by atoms with van der Waals surface area (Å²) < 4.78 is 5.53. The van der Waals surface area contributed by atoms with Crippen LogP contribution in [-0.4, -0.2) is 42.9 Å². The Labute approximate surface area is 102 Å². The van der Waals surface area contributed by atoms with Crippen molar-refractivity contribution in [2.24, 2.45) is 0 Å². The van der Waals surface area contributed by atoms with Crippen LogP contribution in [-0.2, 0) is 0 Å². The molecule has 1 rings (SSSR count). The van der Waals surface area contributed by atoms with Gasteiger partial charge in [-0.25, -0.2) is 0 Å². The minimum absolute atomic E-state index is 0.341. The van der Waals surface area contributed by atoms with Gasteiger partial charge in [-0.1, -0.05) is 12.1 Å². The molecule has 0 fully saturated rings. The molecule has 1 unspecified atom stereocenters. The number of nitriles is 1. The predicted molar refractivity (Wildman–Crippen MR) is 65.8 cm³/mol. The van der Waals surface area contributed by atoms with Crippen LogP contribution in [0.2, 0.25) is 0 Å². The molecule has 1 atom stereocenters. The van der Waals surface area contributed by atoms with Crippen LogP contribution < -0.4 is 4.74 Å². The molecule has 17 heavy (non-hydrogen) atoms. The van der Waals surface area contributed by atoms with Crippen molar-refractivity contribution < 1.29 is 9.84 Å². The molecule has 0 bridgehead atoms. The van der Waals surface area contributed by atoms with E-state index in [1.165, 1.54) is 0 Å². The average molecular weight is 234 g/mol. The van der Waals surface area contributed by atoms with Crippen molar-refractivity contribution in [3.8, 4) is 11.8 Å². The number of likely N-dealkylation sites (N-methyl/N-ethyl adjacent to an activating group) is 1. The second kappa shape index (κ2) is 6.89. The Balaban J connectivity index is 2.38. The van der Waals surface area contributed by atoms with E-state index in [1.807, 2.05) is 24.1 Å². The van der Waals surface area contributed by atoms with Gasteiger partial charge in [-0.2, -0.15) is 5.26 Å². The van der Waals surface area contributed by atoms with Crippen LogP contribution in [0.5, 0.6) is 5.75 Å². The molecule has 0 radical (unpaired) electrons. The molecule has 0 aromatic heterocycles. The minimum atomic E-state index is -0.341. The number of benzene rings is 1. The number of rotatable bonds is 6. The fourth-order valence-corrected chi connectivity index (χ4v) is 1.54. The zero-order chi connectivity index (χ0) is 12.7. The first-order valence-corrected chi connectivity index (χ1v) is 5.62. The Morgan fingerprint density at radius 1 is 1.47 bits per heavy atom. The van der Waals surface area contributed by atoms with Crippen molar-refractivity contribution in [2.75, 3.05) is 26.7 Å². The molecule has 1 aromatic rings. The van der Waals surface area contributed by atoms with Gasteiger partial charge < -0.3 is 14.7 Å². The van der Waals surface area contributed by atoms with Gasteiger partial charge in [0.2, 0.25) is 0 Å². The molecule has 0 heterocycles. The lowest BCUT2D eigenvalue weighted by Gasteiger charge is -2.18. The van der Waals surface area contributed by atoms with Gasteiger partial charge in [0.05, 0.1) is 11.7 Å². The van der Waals surface area contributed by atoms with Crippen LogP contribution in [0.1, 0.15) is 12.5 Å². The summed E-state index contributed by atoms with van der Waals surface area (Å²) in [4.78, 5) is 1.99. The molecule has 0 saturated carbocycles. The number of ether oxygens (including phenoxy) is 1. The zero-order valence-electron chi connectivity index (χ0n) is 10.3. The van der Waals surface area contributed by atoms with E-state index >= 15 is 0 Å². The van der Waals surface area contributed by atoms with E-state index in [0.717, 1.165) is 0 Å². The lowest BCUT2D eigenvalue weighted by molar-refractivity contribution is 0.131. The third kappa shape index (κ3) is 4.85. The zero-order valence-corrected chi connectivity index (χ0v) is 10.3. The van der Waals surface area contributed by atoms with Gasteiger partial charge in [0.25, 0.3) is 0 Å². The summed E-state index contributed by atoms with van der Waals surface area (Å²) >= 11 is 0. The smallest absolute Gasteiger partial charge is 0.137 e. The highest BCUT2D eigenvalue weighted by Crippen LogP contribution is 2.16. The number of nitrogens with zero attached hydrogens (tertiary/aromatic N) is 2. The Morgan fingerprint density at radius 2 is 2.18 bits per heavy atom. The number of para-hydroxylation sites is 1. The van der Waals surface area contributed by atoms with Crippen LogP contribution in [0, 0.1) is 11.3 Å². The van der Waals surface area contributed by atoms with Crippen molar-refractivity contribution >= 4 is 0 Å². The molecule has 1 N–H and O–H groups in total.